The van der Waals surface area contributed by atoms with E-state index in [4.69, 9.17) is 5.11 Å². The minimum absolute atomic E-state index is 0.104. The van der Waals surface area contributed by atoms with Gasteiger partial charge in [0, 0.05) is 12.6 Å². The molecule has 1 unspecified atom stereocenters. The molecule has 5 nitrogen and oxygen atoms in total. The topological polar surface area (TPSA) is 80.9 Å². The normalized spacial score (nSPS) is 13.1. The van der Waals surface area contributed by atoms with Crippen molar-refractivity contribution in [1.82, 2.24) is 15.3 Å². The maximum atomic E-state index is 11.1. The highest BCUT2D eigenvalue weighted by Crippen LogP contribution is 2.19. The van der Waals surface area contributed by atoms with E-state index in [1.807, 2.05) is 25.2 Å². The molecule has 1 heterocycles. The molecule has 0 saturated carbocycles. The summed E-state index contributed by atoms with van der Waals surface area (Å²) >= 11 is 0. The molecule has 0 aliphatic carbocycles. The van der Waals surface area contributed by atoms with Crippen LogP contribution >= 0.6 is 0 Å². The van der Waals surface area contributed by atoms with Crippen LogP contribution < -0.4 is 11.0 Å². The molecule has 86 valence electrons. The van der Waals surface area contributed by atoms with E-state index in [9.17, 15) is 4.79 Å². The SMILES string of the molecule is CNC(CCO)c1ccc2[nH]c(=O)[nH]c2c1. The standard InChI is InChI=1S/C11H15N3O2/c1-12-8(4-5-15)7-2-3-9-10(6-7)14-11(16)13-9/h2-3,6,8,12,15H,4-5H2,1H3,(H2,13,14,16). The summed E-state index contributed by atoms with van der Waals surface area (Å²) in [5.74, 6) is 0. The van der Waals surface area contributed by atoms with Crippen molar-refractivity contribution in [2.45, 2.75) is 12.5 Å². The number of aromatic nitrogens is 2. The summed E-state index contributed by atoms with van der Waals surface area (Å²) in [6.45, 7) is 0.132. The van der Waals surface area contributed by atoms with E-state index >= 15 is 0 Å². The molecule has 1 aromatic carbocycles. The van der Waals surface area contributed by atoms with Gasteiger partial charge in [0.15, 0.2) is 0 Å². The van der Waals surface area contributed by atoms with Crippen LogP contribution in [0.25, 0.3) is 11.0 Å². The van der Waals surface area contributed by atoms with Gasteiger partial charge in [0.2, 0.25) is 0 Å². The van der Waals surface area contributed by atoms with Crippen molar-refractivity contribution >= 4 is 11.0 Å². The van der Waals surface area contributed by atoms with E-state index in [1.54, 1.807) is 0 Å². The number of aromatic amines is 2. The fourth-order valence-electron chi connectivity index (χ4n) is 1.87. The number of rotatable bonds is 4. The van der Waals surface area contributed by atoms with Crippen LogP contribution in [0.15, 0.2) is 23.0 Å². The molecule has 0 aliphatic rings. The maximum Gasteiger partial charge on any atom is 0.323 e. The summed E-state index contributed by atoms with van der Waals surface area (Å²) in [5.41, 5.74) is 2.45. The Morgan fingerprint density at radius 3 is 2.81 bits per heavy atom. The summed E-state index contributed by atoms with van der Waals surface area (Å²) in [6, 6.07) is 5.84. The second-order valence-electron chi connectivity index (χ2n) is 3.74. The van der Waals surface area contributed by atoms with Crippen LogP contribution in [0.1, 0.15) is 18.0 Å². The monoisotopic (exact) mass is 221 g/mol. The number of aliphatic hydroxyl groups excluding tert-OH is 1. The molecule has 2 aromatic rings. The first kappa shape index (κ1) is 10.9. The quantitative estimate of drug-likeness (QED) is 0.607. The Hall–Kier alpha value is -1.59. The van der Waals surface area contributed by atoms with Gasteiger partial charge in [-0.1, -0.05) is 6.07 Å². The summed E-state index contributed by atoms with van der Waals surface area (Å²) in [5, 5.41) is 12.1. The van der Waals surface area contributed by atoms with Gasteiger partial charge < -0.3 is 20.4 Å². The third-order valence-corrected chi connectivity index (χ3v) is 2.71. The average Bonchev–Trinajstić information content (AvgIpc) is 2.64. The largest absolute Gasteiger partial charge is 0.396 e. The number of hydrogen-bond donors (Lipinski definition) is 4. The summed E-state index contributed by atoms with van der Waals surface area (Å²) in [6.07, 6.45) is 0.649. The number of imidazole rings is 1. The third-order valence-electron chi connectivity index (χ3n) is 2.71. The Kier molecular flexibility index (Phi) is 3.07. The van der Waals surface area contributed by atoms with Crippen molar-refractivity contribution in [2.24, 2.45) is 0 Å². The molecule has 2 rings (SSSR count). The van der Waals surface area contributed by atoms with Crippen LogP contribution in [0, 0.1) is 0 Å². The number of hydrogen-bond acceptors (Lipinski definition) is 3. The number of benzene rings is 1. The lowest BCUT2D eigenvalue weighted by Gasteiger charge is -2.15. The highest BCUT2D eigenvalue weighted by molar-refractivity contribution is 5.75. The van der Waals surface area contributed by atoms with Crippen molar-refractivity contribution < 1.29 is 5.11 Å². The average molecular weight is 221 g/mol. The Bertz CT molecular complexity index is 529. The highest BCUT2D eigenvalue weighted by atomic mass is 16.3. The Labute approximate surface area is 92.5 Å². The van der Waals surface area contributed by atoms with Gasteiger partial charge in [0.25, 0.3) is 0 Å². The number of fused-ring (bicyclic) bond motifs is 1. The molecule has 0 fully saturated rings. The second kappa shape index (κ2) is 4.51. The first-order chi connectivity index (χ1) is 7.74. The Morgan fingerprint density at radius 1 is 1.38 bits per heavy atom. The minimum Gasteiger partial charge on any atom is -0.396 e. The van der Waals surface area contributed by atoms with Gasteiger partial charge in [-0.2, -0.15) is 0 Å². The van der Waals surface area contributed by atoms with Crippen molar-refractivity contribution in [1.29, 1.82) is 0 Å². The first-order valence-corrected chi connectivity index (χ1v) is 5.24. The maximum absolute atomic E-state index is 11.1. The van der Waals surface area contributed by atoms with E-state index in [0.717, 1.165) is 16.6 Å². The third kappa shape index (κ3) is 2.00. The van der Waals surface area contributed by atoms with Gasteiger partial charge in [-0.3, -0.25) is 0 Å². The molecule has 0 bridgehead atoms. The molecule has 0 radical (unpaired) electrons. The van der Waals surface area contributed by atoms with Crippen LogP contribution in [0.3, 0.4) is 0 Å². The number of H-pyrrole nitrogens is 2. The van der Waals surface area contributed by atoms with Crippen LogP contribution in [0.2, 0.25) is 0 Å². The van der Waals surface area contributed by atoms with E-state index in [1.165, 1.54) is 0 Å². The number of aliphatic hydroxyl groups is 1. The van der Waals surface area contributed by atoms with E-state index < -0.39 is 0 Å². The van der Waals surface area contributed by atoms with E-state index in [-0.39, 0.29) is 18.3 Å². The fraction of sp³-hybridized carbons (Fsp3) is 0.364. The summed E-state index contributed by atoms with van der Waals surface area (Å²) in [4.78, 5) is 16.5. The van der Waals surface area contributed by atoms with Gasteiger partial charge in [-0.15, -0.1) is 0 Å². The highest BCUT2D eigenvalue weighted by Gasteiger charge is 2.09. The molecule has 0 aliphatic heterocycles. The van der Waals surface area contributed by atoms with Gasteiger partial charge in [-0.25, -0.2) is 4.79 Å². The van der Waals surface area contributed by atoms with Crippen LogP contribution in [-0.4, -0.2) is 28.7 Å². The van der Waals surface area contributed by atoms with Crippen LogP contribution in [0.4, 0.5) is 0 Å². The molecule has 16 heavy (non-hydrogen) atoms. The molecule has 1 aromatic heterocycles. The van der Waals surface area contributed by atoms with Crippen molar-refractivity contribution in [3.05, 3.63) is 34.2 Å². The van der Waals surface area contributed by atoms with Crippen molar-refractivity contribution in [2.75, 3.05) is 13.7 Å². The van der Waals surface area contributed by atoms with Crippen LogP contribution in [0.5, 0.6) is 0 Å². The zero-order chi connectivity index (χ0) is 11.5. The van der Waals surface area contributed by atoms with Crippen molar-refractivity contribution in [3.8, 4) is 0 Å². The molecular formula is C11H15N3O2. The lowest BCUT2D eigenvalue weighted by atomic mass is 10.0. The second-order valence-corrected chi connectivity index (χ2v) is 3.74. The molecule has 4 N–H and O–H groups in total. The predicted octanol–water partition coefficient (Wildman–Crippen LogP) is 0.499. The lowest BCUT2D eigenvalue weighted by molar-refractivity contribution is 0.269. The smallest absolute Gasteiger partial charge is 0.323 e. The Balaban J connectivity index is 2.40. The van der Waals surface area contributed by atoms with Gasteiger partial charge in [-0.05, 0) is 31.2 Å². The van der Waals surface area contributed by atoms with Crippen LogP contribution in [-0.2, 0) is 0 Å². The van der Waals surface area contributed by atoms with Crippen molar-refractivity contribution in [3.63, 3.8) is 0 Å². The molecular weight excluding hydrogens is 206 g/mol. The van der Waals surface area contributed by atoms with Gasteiger partial charge in [0.1, 0.15) is 0 Å². The zero-order valence-corrected chi connectivity index (χ0v) is 9.08. The van der Waals surface area contributed by atoms with Gasteiger partial charge in [0.05, 0.1) is 11.0 Å². The molecule has 5 heteroatoms. The summed E-state index contributed by atoms with van der Waals surface area (Å²) in [7, 11) is 1.85. The number of nitrogens with one attached hydrogen (secondary N) is 3. The van der Waals surface area contributed by atoms with E-state index in [0.29, 0.717) is 6.42 Å². The minimum atomic E-state index is -0.199. The molecule has 0 amide bonds. The first-order valence-electron chi connectivity index (χ1n) is 5.24. The molecule has 0 spiro atoms. The fourth-order valence-corrected chi connectivity index (χ4v) is 1.87. The lowest BCUT2D eigenvalue weighted by Crippen LogP contribution is -2.17. The molecule has 0 saturated heterocycles. The zero-order valence-electron chi connectivity index (χ0n) is 9.08. The summed E-state index contributed by atoms with van der Waals surface area (Å²) < 4.78 is 0. The molecule has 1 atom stereocenters. The van der Waals surface area contributed by atoms with Gasteiger partial charge >= 0.3 is 5.69 Å². The van der Waals surface area contributed by atoms with E-state index in [2.05, 4.69) is 15.3 Å². The Morgan fingerprint density at radius 2 is 2.12 bits per heavy atom. The predicted molar refractivity (Wildman–Crippen MR) is 62.4 cm³/mol.